The number of carbonyl (C=O) groups excluding carboxylic acids is 1. The molecule has 0 bridgehead atoms. The Labute approximate surface area is 118 Å². The molecule has 0 aromatic heterocycles. The summed E-state index contributed by atoms with van der Waals surface area (Å²) >= 11 is 0. The second-order valence-electron chi connectivity index (χ2n) is 5.47. The van der Waals surface area contributed by atoms with Crippen LogP contribution >= 0.6 is 0 Å². The highest BCUT2D eigenvalue weighted by Gasteiger charge is 2.85. The first kappa shape index (κ1) is 15.3. The zero-order valence-electron chi connectivity index (χ0n) is 11.0. The van der Waals surface area contributed by atoms with Crippen LogP contribution in [0.4, 0.5) is 14.0 Å². The second kappa shape index (κ2) is 4.45. The average Bonchev–Trinajstić information content (AvgIpc) is 2.81. The van der Waals surface area contributed by atoms with Crippen LogP contribution < -0.4 is 11.5 Å². The summed E-state index contributed by atoms with van der Waals surface area (Å²) in [6.45, 7) is 1.18. The van der Waals surface area contributed by atoms with Gasteiger partial charge in [0, 0.05) is 5.92 Å². The monoisotopic (exact) mass is 306 g/mol. The highest BCUT2D eigenvalue weighted by Crippen LogP contribution is 2.70. The molecule has 2 fully saturated rings. The molecule has 0 saturated heterocycles. The lowest BCUT2D eigenvalue weighted by atomic mass is 9.78. The van der Waals surface area contributed by atoms with Crippen LogP contribution in [0.1, 0.15) is 13.3 Å². The number of ether oxygens (including phenoxy) is 2. The molecule has 2 rings (SSSR count). The summed E-state index contributed by atoms with van der Waals surface area (Å²) < 4.78 is 23.1. The van der Waals surface area contributed by atoms with Crippen molar-refractivity contribution in [2.24, 2.45) is 22.8 Å². The van der Waals surface area contributed by atoms with Gasteiger partial charge in [0.2, 0.25) is 5.91 Å². The van der Waals surface area contributed by atoms with Crippen molar-refractivity contribution >= 4 is 18.2 Å². The molecule has 0 spiro atoms. The van der Waals surface area contributed by atoms with Gasteiger partial charge in [-0.25, -0.2) is 14.0 Å². The Bertz CT molecular complexity index is 511. The minimum Gasteiger partial charge on any atom is -0.450 e. The average molecular weight is 306 g/mol. The van der Waals surface area contributed by atoms with Gasteiger partial charge in [0.15, 0.2) is 0 Å². The van der Waals surface area contributed by atoms with Crippen LogP contribution in [0.25, 0.3) is 0 Å². The van der Waals surface area contributed by atoms with Crippen molar-refractivity contribution in [3.8, 4) is 0 Å². The number of alkyl halides is 1. The van der Waals surface area contributed by atoms with Crippen molar-refractivity contribution in [1.82, 2.24) is 0 Å². The van der Waals surface area contributed by atoms with Gasteiger partial charge in [-0.05, 0) is 13.3 Å². The Morgan fingerprint density at radius 2 is 1.71 bits per heavy atom. The van der Waals surface area contributed by atoms with Gasteiger partial charge in [0.05, 0.1) is 5.41 Å². The van der Waals surface area contributed by atoms with Gasteiger partial charge in [0.25, 0.3) is 0 Å². The van der Waals surface area contributed by atoms with Gasteiger partial charge >= 0.3 is 12.3 Å². The van der Waals surface area contributed by atoms with Crippen molar-refractivity contribution < 1.29 is 38.5 Å². The zero-order valence-corrected chi connectivity index (χ0v) is 11.0. The summed E-state index contributed by atoms with van der Waals surface area (Å²) in [7, 11) is 0. The fourth-order valence-corrected chi connectivity index (χ4v) is 3.56. The van der Waals surface area contributed by atoms with Crippen LogP contribution in [0.5, 0.6) is 0 Å². The summed E-state index contributed by atoms with van der Waals surface area (Å²) in [6, 6.07) is 0. The van der Waals surface area contributed by atoms with Crippen LogP contribution in [0, 0.1) is 11.3 Å². The molecule has 21 heavy (non-hydrogen) atoms. The van der Waals surface area contributed by atoms with Crippen molar-refractivity contribution in [1.29, 1.82) is 0 Å². The minimum absolute atomic E-state index is 0.226. The largest absolute Gasteiger partial charge is 0.506 e. The molecule has 118 valence electrons. The van der Waals surface area contributed by atoms with E-state index >= 15 is 0 Å². The van der Waals surface area contributed by atoms with Gasteiger partial charge in [-0.15, -0.1) is 0 Å². The predicted molar refractivity (Wildman–Crippen MR) is 63.0 cm³/mol. The molecule has 9 nitrogen and oxygen atoms in total. The number of hydrogen-bond donors (Lipinski definition) is 4. The third-order valence-corrected chi connectivity index (χ3v) is 4.49. The third-order valence-electron chi connectivity index (χ3n) is 4.49. The number of primary amides is 1. The van der Waals surface area contributed by atoms with E-state index in [1.807, 2.05) is 0 Å². The molecule has 0 radical (unpaired) electrons. The van der Waals surface area contributed by atoms with Crippen LogP contribution in [0.3, 0.4) is 0 Å². The molecule has 0 aromatic rings. The molecule has 1 unspecified atom stereocenters. The summed E-state index contributed by atoms with van der Waals surface area (Å²) in [5.41, 5.74) is 7.53. The van der Waals surface area contributed by atoms with E-state index < -0.39 is 53.5 Å². The van der Waals surface area contributed by atoms with Crippen molar-refractivity contribution in [3.05, 3.63) is 0 Å². The number of amides is 1. The van der Waals surface area contributed by atoms with Gasteiger partial charge in [-0.1, -0.05) is 0 Å². The Morgan fingerprint density at radius 3 is 2.14 bits per heavy atom. The highest BCUT2D eigenvalue weighted by atomic mass is 19.1. The third kappa shape index (κ3) is 1.89. The van der Waals surface area contributed by atoms with Crippen LogP contribution in [-0.2, 0) is 14.3 Å². The van der Waals surface area contributed by atoms with Crippen molar-refractivity contribution in [2.45, 2.75) is 37.3 Å². The first-order valence-corrected chi connectivity index (χ1v) is 6.08. The Morgan fingerprint density at radius 1 is 1.24 bits per heavy atom. The standard InChI is InChI=1S/C11H15FN2O7/c1-10(14,7(13)15)11-3(5(11)20-8(16)17)2-4(12)6(11)21-9(18)19/h3-6H,2,14H2,1H3,(H2,13,15)(H,16,17)(H,18,19)/t3-,4-,5-,6?,10+,11-/m0/s1. The normalized spacial score (nSPS) is 39.8. The Kier molecular flexibility index (Phi) is 3.24. The maximum atomic E-state index is 14.0. The lowest BCUT2D eigenvalue weighted by Crippen LogP contribution is -2.62. The van der Waals surface area contributed by atoms with E-state index in [0.29, 0.717) is 0 Å². The van der Waals surface area contributed by atoms with Gasteiger partial charge in [0.1, 0.15) is 23.9 Å². The van der Waals surface area contributed by atoms with E-state index in [1.165, 1.54) is 6.92 Å². The quantitative estimate of drug-likeness (QED) is 0.513. The number of nitrogens with two attached hydrogens (primary N) is 2. The van der Waals surface area contributed by atoms with Gasteiger partial charge in [-0.3, -0.25) is 4.79 Å². The van der Waals surface area contributed by atoms with Crippen molar-refractivity contribution in [2.75, 3.05) is 0 Å². The van der Waals surface area contributed by atoms with E-state index in [0.717, 1.165) is 0 Å². The number of carboxylic acid groups (broad SMARTS) is 2. The molecule has 1 amide bonds. The second-order valence-corrected chi connectivity index (χ2v) is 5.47. The van der Waals surface area contributed by atoms with E-state index in [9.17, 15) is 18.8 Å². The highest BCUT2D eigenvalue weighted by molar-refractivity contribution is 5.87. The maximum Gasteiger partial charge on any atom is 0.506 e. The summed E-state index contributed by atoms with van der Waals surface area (Å²) in [5.74, 6) is -1.80. The van der Waals surface area contributed by atoms with Crippen LogP contribution in [0.2, 0.25) is 0 Å². The molecule has 6 N–H and O–H groups in total. The topological polar surface area (TPSA) is 162 Å². The molecule has 0 aliphatic heterocycles. The fourth-order valence-electron chi connectivity index (χ4n) is 3.56. The molecule has 2 saturated carbocycles. The smallest absolute Gasteiger partial charge is 0.450 e. The molecule has 10 heteroatoms. The van der Waals surface area contributed by atoms with E-state index in [1.54, 1.807) is 0 Å². The van der Waals surface area contributed by atoms with E-state index in [-0.39, 0.29) is 6.42 Å². The first-order chi connectivity index (χ1) is 9.56. The van der Waals surface area contributed by atoms with Crippen molar-refractivity contribution in [3.63, 3.8) is 0 Å². The molecular formula is C11H15FN2O7. The van der Waals surface area contributed by atoms with Gasteiger partial charge in [-0.2, -0.15) is 0 Å². The number of carbonyl (C=O) groups is 3. The minimum atomic E-state index is -1.89. The zero-order chi connectivity index (χ0) is 16.2. The van der Waals surface area contributed by atoms with Crippen LogP contribution in [0.15, 0.2) is 0 Å². The van der Waals surface area contributed by atoms with E-state index in [4.69, 9.17) is 21.7 Å². The summed E-state index contributed by atoms with van der Waals surface area (Å²) in [4.78, 5) is 33.0. The molecule has 6 atom stereocenters. The van der Waals surface area contributed by atoms with Crippen LogP contribution in [-0.4, -0.2) is 52.3 Å². The molecule has 0 heterocycles. The predicted octanol–water partition coefficient (Wildman–Crippen LogP) is -0.326. The SMILES string of the molecule is C[C@@](N)(C(N)=O)[C@@]12C(OC(=O)O)[C@@H](F)C[C@H]1[C@@H]2OC(=O)O. The fraction of sp³-hybridized carbons (Fsp3) is 0.727. The van der Waals surface area contributed by atoms with Gasteiger partial charge < -0.3 is 31.2 Å². The maximum absolute atomic E-state index is 14.0. The molecular weight excluding hydrogens is 291 g/mol. The lowest BCUT2D eigenvalue weighted by Gasteiger charge is -2.35. The molecule has 2 aliphatic carbocycles. The lowest BCUT2D eigenvalue weighted by molar-refractivity contribution is -0.130. The number of rotatable bonds is 4. The first-order valence-electron chi connectivity index (χ1n) is 6.08. The Balaban J connectivity index is 2.43. The molecule has 0 aromatic carbocycles. The number of fused-ring (bicyclic) bond motifs is 1. The Hall–Kier alpha value is -2.10. The number of hydrogen-bond acceptors (Lipinski definition) is 6. The summed E-state index contributed by atoms with van der Waals surface area (Å²) in [6.07, 6.45) is -8.11. The number of halogens is 1. The molecule has 2 aliphatic rings. The van der Waals surface area contributed by atoms with E-state index in [2.05, 4.69) is 9.47 Å². The summed E-state index contributed by atoms with van der Waals surface area (Å²) in [5, 5.41) is 17.4.